The smallest absolute Gasteiger partial charge is 0.224 e. The molecule has 5 heteroatoms. The Hall–Kier alpha value is -2.04. The van der Waals surface area contributed by atoms with E-state index in [1.54, 1.807) is 26.4 Å². The Bertz CT molecular complexity index is 457. The number of benzene rings is 1. The van der Waals surface area contributed by atoms with Crippen LogP contribution in [0.3, 0.4) is 0 Å². The van der Waals surface area contributed by atoms with Gasteiger partial charge in [-0.3, -0.25) is 9.59 Å². The van der Waals surface area contributed by atoms with E-state index in [0.29, 0.717) is 24.5 Å². The molecule has 0 saturated carbocycles. The third-order valence-electron chi connectivity index (χ3n) is 2.61. The Kier molecular flexibility index (Phi) is 5.85. The number of methoxy groups -OCH3 is 2. The van der Waals surface area contributed by atoms with Gasteiger partial charge in [0.15, 0.2) is 11.5 Å². The summed E-state index contributed by atoms with van der Waals surface area (Å²) in [4.78, 5) is 22.4. The van der Waals surface area contributed by atoms with Gasteiger partial charge in [0, 0.05) is 13.0 Å². The highest BCUT2D eigenvalue weighted by atomic mass is 16.5. The van der Waals surface area contributed by atoms with Crippen molar-refractivity contribution in [2.24, 2.45) is 0 Å². The van der Waals surface area contributed by atoms with Crippen molar-refractivity contribution in [3.8, 4) is 11.5 Å². The van der Waals surface area contributed by atoms with Crippen LogP contribution in [0.4, 0.5) is 0 Å². The molecule has 1 amide bonds. The minimum atomic E-state index is -0.117. The van der Waals surface area contributed by atoms with Crippen molar-refractivity contribution < 1.29 is 19.1 Å². The van der Waals surface area contributed by atoms with E-state index in [2.05, 4.69) is 5.32 Å². The number of amides is 1. The molecular formula is C14H19NO4. The molecule has 0 radical (unpaired) electrons. The quantitative estimate of drug-likeness (QED) is 0.808. The van der Waals surface area contributed by atoms with E-state index in [9.17, 15) is 9.59 Å². The van der Waals surface area contributed by atoms with Crippen molar-refractivity contribution in [3.05, 3.63) is 23.8 Å². The highest BCUT2D eigenvalue weighted by Crippen LogP contribution is 2.27. The van der Waals surface area contributed by atoms with Crippen molar-refractivity contribution in [1.82, 2.24) is 5.32 Å². The predicted octanol–water partition coefficient (Wildman–Crippen LogP) is 1.34. The van der Waals surface area contributed by atoms with Gasteiger partial charge in [-0.05, 0) is 24.6 Å². The van der Waals surface area contributed by atoms with Crippen LogP contribution >= 0.6 is 0 Å². The fraction of sp³-hybridized carbons (Fsp3) is 0.429. The van der Waals surface area contributed by atoms with Gasteiger partial charge in [-0.25, -0.2) is 0 Å². The summed E-state index contributed by atoms with van der Waals surface area (Å²) in [5.41, 5.74) is 0.831. The van der Waals surface area contributed by atoms with E-state index >= 15 is 0 Å². The normalized spacial score (nSPS) is 9.84. The van der Waals surface area contributed by atoms with Crippen LogP contribution in [0.5, 0.6) is 11.5 Å². The molecule has 0 aliphatic heterocycles. The van der Waals surface area contributed by atoms with Crippen LogP contribution in [0.25, 0.3) is 0 Å². The number of carbonyl (C=O) groups is 2. The van der Waals surface area contributed by atoms with Crippen molar-refractivity contribution in [2.45, 2.75) is 19.8 Å². The molecule has 19 heavy (non-hydrogen) atoms. The number of carbonyl (C=O) groups excluding carboxylic acids is 2. The number of hydrogen-bond acceptors (Lipinski definition) is 4. The molecule has 1 rings (SSSR count). The van der Waals surface area contributed by atoms with Gasteiger partial charge >= 0.3 is 0 Å². The van der Waals surface area contributed by atoms with Crippen LogP contribution in [0.2, 0.25) is 0 Å². The largest absolute Gasteiger partial charge is 0.493 e. The molecule has 1 aromatic rings. The van der Waals surface area contributed by atoms with Crippen LogP contribution in [-0.2, 0) is 16.0 Å². The van der Waals surface area contributed by atoms with Crippen LogP contribution in [0.15, 0.2) is 18.2 Å². The monoisotopic (exact) mass is 265 g/mol. The first kappa shape index (κ1) is 15.0. The van der Waals surface area contributed by atoms with Crippen molar-refractivity contribution in [2.75, 3.05) is 20.8 Å². The fourth-order valence-corrected chi connectivity index (χ4v) is 1.62. The van der Waals surface area contributed by atoms with Gasteiger partial charge in [-0.1, -0.05) is 6.07 Å². The summed E-state index contributed by atoms with van der Waals surface area (Å²) < 4.78 is 10.3. The first-order valence-corrected chi connectivity index (χ1v) is 6.04. The standard InChI is InChI=1S/C14H19NO4/c1-10(16)6-7-15-14(17)9-11-4-5-12(18-2)13(8-11)19-3/h4-5,8H,6-7,9H2,1-3H3,(H,15,17). The molecule has 1 aromatic carbocycles. The van der Waals surface area contributed by atoms with Gasteiger partial charge in [0.2, 0.25) is 5.91 Å². The SMILES string of the molecule is COc1ccc(CC(=O)NCCC(C)=O)cc1OC. The third kappa shape index (κ3) is 4.99. The zero-order chi connectivity index (χ0) is 14.3. The summed E-state index contributed by atoms with van der Waals surface area (Å²) >= 11 is 0. The lowest BCUT2D eigenvalue weighted by Crippen LogP contribution is -2.27. The molecule has 0 fully saturated rings. The first-order chi connectivity index (χ1) is 9.06. The molecule has 0 atom stereocenters. The maximum absolute atomic E-state index is 11.7. The highest BCUT2D eigenvalue weighted by molar-refractivity contribution is 5.80. The van der Waals surface area contributed by atoms with Crippen LogP contribution in [0.1, 0.15) is 18.9 Å². The lowest BCUT2D eigenvalue weighted by molar-refractivity contribution is -0.120. The third-order valence-corrected chi connectivity index (χ3v) is 2.61. The lowest BCUT2D eigenvalue weighted by atomic mass is 10.1. The number of Topliss-reactive ketones (excluding diaryl/α,β-unsaturated/α-hetero) is 1. The lowest BCUT2D eigenvalue weighted by Gasteiger charge is -2.09. The Morgan fingerprint density at radius 2 is 1.84 bits per heavy atom. The number of nitrogens with one attached hydrogen (secondary N) is 1. The predicted molar refractivity (Wildman–Crippen MR) is 71.6 cm³/mol. The maximum atomic E-state index is 11.7. The molecule has 5 nitrogen and oxygen atoms in total. The zero-order valence-corrected chi connectivity index (χ0v) is 11.5. The molecule has 0 aromatic heterocycles. The van der Waals surface area contributed by atoms with Crippen LogP contribution < -0.4 is 14.8 Å². The minimum Gasteiger partial charge on any atom is -0.493 e. The van der Waals surface area contributed by atoms with E-state index in [1.807, 2.05) is 6.07 Å². The number of ether oxygens (including phenoxy) is 2. The van der Waals surface area contributed by atoms with Gasteiger partial charge < -0.3 is 14.8 Å². The molecule has 0 spiro atoms. The summed E-state index contributed by atoms with van der Waals surface area (Å²) in [5.74, 6) is 1.17. The Balaban J connectivity index is 2.57. The molecule has 0 bridgehead atoms. The molecule has 0 unspecified atom stereocenters. The van der Waals surface area contributed by atoms with E-state index in [-0.39, 0.29) is 18.1 Å². The summed E-state index contributed by atoms with van der Waals surface area (Å²) in [5, 5.41) is 2.70. The summed E-state index contributed by atoms with van der Waals surface area (Å²) in [7, 11) is 3.11. The molecule has 0 heterocycles. The average Bonchev–Trinajstić information content (AvgIpc) is 2.38. The second kappa shape index (κ2) is 7.41. The second-order valence-electron chi connectivity index (χ2n) is 4.17. The van der Waals surface area contributed by atoms with Crippen LogP contribution in [-0.4, -0.2) is 32.5 Å². The number of hydrogen-bond donors (Lipinski definition) is 1. The van der Waals surface area contributed by atoms with Crippen molar-refractivity contribution in [3.63, 3.8) is 0 Å². The van der Waals surface area contributed by atoms with Crippen molar-refractivity contribution in [1.29, 1.82) is 0 Å². The van der Waals surface area contributed by atoms with E-state index < -0.39 is 0 Å². The van der Waals surface area contributed by atoms with Gasteiger partial charge in [0.1, 0.15) is 5.78 Å². The Labute approximate surface area is 112 Å². The topological polar surface area (TPSA) is 64.6 Å². The Morgan fingerprint density at radius 3 is 2.42 bits per heavy atom. The summed E-state index contributed by atoms with van der Waals surface area (Å²) in [6.07, 6.45) is 0.607. The van der Waals surface area contributed by atoms with Crippen LogP contribution in [0, 0.1) is 0 Å². The number of ketones is 1. The van der Waals surface area contributed by atoms with E-state index in [4.69, 9.17) is 9.47 Å². The second-order valence-corrected chi connectivity index (χ2v) is 4.17. The van der Waals surface area contributed by atoms with Gasteiger partial charge in [-0.15, -0.1) is 0 Å². The van der Waals surface area contributed by atoms with Gasteiger partial charge in [-0.2, -0.15) is 0 Å². The van der Waals surface area contributed by atoms with Gasteiger partial charge in [0.05, 0.1) is 20.6 Å². The molecule has 0 saturated heterocycles. The highest BCUT2D eigenvalue weighted by Gasteiger charge is 2.08. The molecule has 104 valence electrons. The molecule has 0 aliphatic rings. The fourth-order valence-electron chi connectivity index (χ4n) is 1.62. The summed E-state index contributed by atoms with van der Waals surface area (Å²) in [6.45, 7) is 1.88. The average molecular weight is 265 g/mol. The zero-order valence-electron chi connectivity index (χ0n) is 11.5. The van der Waals surface area contributed by atoms with Crippen molar-refractivity contribution >= 4 is 11.7 Å². The van der Waals surface area contributed by atoms with E-state index in [1.165, 1.54) is 6.92 Å². The van der Waals surface area contributed by atoms with Gasteiger partial charge in [0.25, 0.3) is 0 Å². The molecule has 0 aliphatic carbocycles. The number of rotatable bonds is 7. The maximum Gasteiger partial charge on any atom is 0.224 e. The molecule has 1 N–H and O–H groups in total. The Morgan fingerprint density at radius 1 is 1.16 bits per heavy atom. The minimum absolute atomic E-state index is 0.0615. The van der Waals surface area contributed by atoms with E-state index in [0.717, 1.165) is 5.56 Å². The summed E-state index contributed by atoms with van der Waals surface area (Å²) in [6, 6.07) is 5.34. The molecular weight excluding hydrogens is 246 g/mol. The first-order valence-electron chi connectivity index (χ1n) is 6.04.